The lowest BCUT2D eigenvalue weighted by molar-refractivity contribution is 0.253. The summed E-state index contributed by atoms with van der Waals surface area (Å²) in [6.45, 7) is 2.68. The van der Waals surface area contributed by atoms with Crippen LogP contribution in [-0.4, -0.2) is 25.7 Å². The number of hydrogen-bond acceptors (Lipinski definition) is 3. The minimum absolute atomic E-state index is 0.776. The van der Waals surface area contributed by atoms with Crippen LogP contribution in [0.2, 0.25) is 0 Å². The summed E-state index contributed by atoms with van der Waals surface area (Å²) in [5.41, 5.74) is 3.81. The molecule has 0 radical (unpaired) electrons. The van der Waals surface area contributed by atoms with Crippen molar-refractivity contribution in [2.24, 2.45) is 0 Å². The third-order valence-corrected chi connectivity index (χ3v) is 4.69. The van der Waals surface area contributed by atoms with Crippen LogP contribution in [0.15, 0.2) is 78.9 Å². The third-order valence-electron chi connectivity index (χ3n) is 4.69. The molecule has 0 N–H and O–H groups in total. The molecule has 140 valence electrons. The van der Waals surface area contributed by atoms with E-state index in [1.807, 2.05) is 12.1 Å². The lowest BCUT2D eigenvalue weighted by Crippen LogP contribution is -2.25. The van der Waals surface area contributed by atoms with Gasteiger partial charge in [-0.2, -0.15) is 0 Å². The van der Waals surface area contributed by atoms with Crippen LogP contribution >= 0.6 is 0 Å². The molecule has 3 heteroatoms. The van der Waals surface area contributed by atoms with E-state index < -0.39 is 0 Å². The zero-order valence-electron chi connectivity index (χ0n) is 16.1. The van der Waals surface area contributed by atoms with Gasteiger partial charge in [0.15, 0.2) is 11.5 Å². The van der Waals surface area contributed by atoms with E-state index in [9.17, 15) is 0 Å². The van der Waals surface area contributed by atoms with Crippen molar-refractivity contribution >= 4 is 0 Å². The minimum atomic E-state index is 0.776. The Hall–Kier alpha value is -2.78. The Balaban J connectivity index is 1.79. The quantitative estimate of drug-likeness (QED) is 0.538. The van der Waals surface area contributed by atoms with E-state index in [1.54, 1.807) is 14.2 Å². The lowest BCUT2D eigenvalue weighted by atomic mass is 10.1. The van der Waals surface area contributed by atoms with Crippen molar-refractivity contribution < 1.29 is 9.47 Å². The van der Waals surface area contributed by atoms with E-state index in [-0.39, 0.29) is 0 Å². The van der Waals surface area contributed by atoms with Crippen LogP contribution in [0.3, 0.4) is 0 Å². The van der Waals surface area contributed by atoms with Gasteiger partial charge in [-0.15, -0.1) is 0 Å². The second kappa shape index (κ2) is 9.79. The molecule has 27 heavy (non-hydrogen) atoms. The van der Waals surface area contributed by atoms with Crippen molar-refractivity contribution in [3.8, 4) is 11.5 Å². The average Bonchev–Trinajstić information content (AvgIpc) is 2.73. The standard InChI is InChI=1S/C24H27NO2/c1-26-23-15-9-14-22(24(23)27-2)19-25(18-21-12-7-4-8-13-21)17-16-20-10-5-3-6-11-20/h3-15H,16-19H2,1-2H3. The highest BCUT2D eigenvalue weighted by molar-refractivity contribution is 5.46. The van der Waals surface area contributed by atoms with Crippen molar-refractivity contribution in [3.63, 3.8) is 0 Å². The van der Waals surface area contributed by atoms with Gasteiger partial charge in [0, 0.05) is 25.2 Å². The molecule has 0 atom stereocenters. The molecule has 0 spiro atoms. The third kappa shape index (κ3) is 5.35. The number of benzene rings is 3. The van der Waals surface area contributed by atoms with Crippen LogP contribution in [0.1, 0.15) is 16.7 Å². The van der Waals surface area contributed by atoms with Gasteiger partial charge >= 0.3 is 0 Å². The number of rotatable bonds is 9. The van der Waals surface area contributed by atoms with Crippen LogP contribution in [0, 0.1) is 0 Å². The minimum Gasteiger partial charge on any atom is -0.493 e. The van der Waals surface area contributed by atoms with E-state index >= 15 is 0 Å². The van der Waals surface area contributed by atoms with Gasteiger partial charge in [0.05, 0.1) is 14.2 Å². The molecule has 0 saturated carbocycles. The van der Waals surface area contributed by atoms with E-state index in [1.165, 1.54) is 11.1 Å². The zero-order chi connectivity index (χ0) is 18.9. The van der Waals surface area contributed by atoms with Crippen LogP contribution in [0.25, 0.3) is 0 Å². The van der Waals surface area contributed by atoms with Gasteiger partial charge in [0.25, 0.3) is 0 Å². The summed E-state index contributed by atoms with van der Waals surface area (Å²) in [4.78, 5) is 2.46. The fraction of sp³-hybridized carbons (Fsp3) is 0.250. The first-order valence-corrected chi connectivity index (χ1v) is 9.30. The van der Waals surface area contributed by atoms with E-state index in [0.717, 1.165) is 43.1 Å². The summed E-state index contributed by atoms with van der Waals surface area (Å²) < 4.78 is 11.1. The Morgan fingerprint density at radius 1 is 0.667 bits per heavy atom. The summed E-state index contributed by atoms with van der Waals surface area (Å²) in [7, 11) is 3.38. The monoisotopic (exact) mass is 361 g/mol. The number of hydrogen-bond donors (Lipinski definition) is 0. The number of nitrogens with zero attached hydrogens (tertiary/aromatic N) is 1. The predicted molar refractivity (Wildman–Crippen MR) is 110 cm³/mol. The molecular formula is C24H27NO2. The molecule has 3 rings (SSSR count). The second-order valence-corrected chi connectivity index (χ2v) is 6.58. The summed E-state index contributed by atoms with van der Waals surface area (Å²) >= 11 is 0. The first-order valence-electron chi connectivity index (χ1n) is 9.30. The van der Waals surface area contributed by atoms with Crippen molar-refractivity contribution in [2.45, 2.75) is 19.5 Å². The summed E-state index contributed by atoms with van der Waals surface area (Å²) in [5.74, 6) is 1.59. The zero-order valence-corrected chi connectivity index (χ0v) is 16.1. The van der Waals surface area contributed by atoms with Gasteiger partial charge < -0.3 is 9.47 Å². The maximum absolute atomic E-state index is 5.63. The highest BCUT2D eigenvalue weighted by Gasteiger charge is 2.14. The van der Waals surface area contributed by atoms with Gasteiger partial charge in [0.1, 0.15) is 0 Å². The summed E-state index contributed by atoms with van der Waals surface area (Å²) in [5, 5.41) is 0. The predicted octanol–water partition coefficient (Wildman–Crippen LogP) is 4.95. The van der Waals surface area contributed by atoms with Crippen LogP contribution < -0.4 is 9.47 Å². The van der Waals surface area contributed by atoms with Crippen LogP contribution in [-0.2, 0) is 19.5 Å². The Bertz CT molecular complexity index is 818. The van der Waals surface area contributed by atoms with Crippen molar-refractivity contribution in [3.05, 3.63) is 95.6 Å². The van der Waals surface area contributed by atoms with Gasteiger partial charge in [-0.05, 0) is 23.6 Å². The van der Waals surface area contributed by atoms with Crippen LogP contribution in [0.5, 0.6) is 11.5 Å². The molecule has 3 aromatic rings. The highest BCUT2D eigenvalue weighted by Crippen LogP contribution is 2.31. The lowest BCUT2D eigenvalue weighted by Gasteiger charge is -2.24. The van der Waals surface area contributed by atoms with Crippen molar-refractivity contribution in [2.75, 3.05) is 20.8 Å². The Labute approximate surface area is 162 Å². The maximum atomic E-state index is 5.63. The van der Waals surface area contributed by atoms with Gasteiger partial charge in [-0.3, -0.25) is 4.90 Å². The molecule has 0 bridgehead atoms. The Morgan fingerprint density at radius 2 is 1.33 bits per heavy atom. The van der Waals surface area contributed by atoms with Crippen LogP contribution in [0.4, 0.5) is 0 Å². The SMILES string of the molecule is COc1cccc(CN(CCc2ccccc2)Cc2ccccc2)c1OC. The Morgan fingerprint density at radius 3 is 1.96 bits per heavy atom. The molecular weight excluding hydrogens is 334 g/mol. The topological polar surface area (TPSA) is 21.7 Å². The number of methoxy groups -OCH3 is 2. The first kappa shape index (κ1) is 19.0. The molecule has 0 amide bonds. The average molecular weight is 361 g/mol. The molecule has 0 unspecified atom stereocenters. The van der Waals surface area contributed by atoms with E-state index in [2.05, 4.69) is 71.6 Å². The largest absolute Gasteiger partial charge is 0.493 e. The molecule has 0 aliphatic rings. The molecule has 0 aliphatic carbocycles. The van der Waals surface area contributed by atoms with E-state index in [0.29, 0.717) is 0 Å². The fourth-order valence-electron chi connectivity index (χ4n) is 3.31. The fourth-order valence-corrected chi connectivity index (χ4v) is 3.31. The number of para-hydroxylation sites is 1. The molecule has 0 aliphatic heterocycles. The van der Waals surface area contributed by atoms with Gasteiger partial charge in [0.2, 0.25) is 0 Å². The molecule has 0 heterocycles. The normalized spacial score (nSPS) is 10.8. The second-order valence-electron chi connectivity index (χ2n) is 6.58. The van der Waals surface area contributed by atoms with Crippen molar-refractivity contribution in [1.29, 1.82) is 0 Å². The summed E-state index contributed by atoms with van der Waals surface area (Å²) in [6.07, 6.45) is 1.01. The van der Waals surface area contributed by atoms with Crippen molar-refractivity contribution in [1.82, 2.24) is 4.90 Å². The van der Waals surface area contributed by atoms with E-state index in [4.69, 9.17) is 9.47 Å². The Kier molecular flexibility index (Phi) is 6.89. The molecule has 3 nitrogen and oxygen atoms in total. The summed E-state index contributed by atoms with van der Waals surface area (Å²) in [6, 6.07) is 27.3. The van der Waals surface area contributed by atoms with Gasteiger partial charge in [-0.1, -0.05) is 72.8 Å². The molecule has 3 aromatic carbocycles. The van der Waals surface area contributed by atoms with Gasteiger partial charge in [-0.25, -0.2) is 0 Å². The molecule has 0 aromatic heterocycles. The number of ether oxygens (including phenoxy) is 2. The highest BCUT2D eigenvalue weighted by atomic mass is 16.5. The molecule has 0 fully saturated rings. The first-order chi connectivity index (χ1) is 13.3. The maximum Gasteiger partial charge on any atom is 0.165 e. The molecule has 0 saturated heterocycles. The smallest absolute Gasteiger partial charge is 0.165 e.